The molecule has 0 aliphatic heterocycles. The highest BCUT2D eigenvalue weighted by Crippen LogP contribution is 2.47. The van der Waals surface area contributed by atoms with Crippen molar-refractivity contribution >= 4 is 0 Å². The van der Waals surface area contributed by atoms with E-state index in [1.807, 2.05) is 29.2 Å². The molecule has 1 aliphatic carbocycles. The largest absolute Gasteiger partial charge is 0.508 e. The van der Waals surface area contributed by atoms with Crippen LogP contribution >= 0.6 is 0 Å². The monoisotopic (exact) mass is 424 g/mol. The molecule has 3 aromatic carbocycles. The van der Waals surface area contributed by atoms with Crippen LogP contribution in [0.3, 0.4) is 0 Å². The topological polar surface area (TPSA) is 58.3 Å². The van der Waals surface area contributed by atoms with E-state index in [-0.39, 0.29) is 12.5 Å². The summed E-state index contributed by atoms with van der Waals surface area (Å²) in [7, 11) is 0. The van der Waals surface area contributed by atoms with Crippen molar-refractivity contribution in [2.24, 2.45) is 0 Å². The Hall–Kier alpha value is -3.37. The van der Waals surface area contributed by atoms with E-state index in [9.17, 15) is 5.11 Å². The van der Waals surface area contributed by atoms with Gasteiger partial charge in [0.2, 0.25) is 0 Å². The fourth-order valence-corrected chi connectivity index (χ4v) is 5.03. The number of aromatic nitrogens is 2. The van der Waals surface area contributed by atoms with E-state index >= 15 is 0 Å². The van der Waals surface area contributed by atoms with Gasteiger partial charge in [-0.2, -0.15) is 5.10 Å². The lowest BCUT2D eigenvalue weighted by molar-refractivity contribution is 0.277. The minimum absolute atomic E-state index is 0.174. The minimum atomic E-state index is 0.174. The molecule has 0 amide bonds. The zero-order chi connectivity index (χ0) is 21.9. The fraction of sp³-hybridized carbons (Fsp3) is 0.250. The molecule has 0 spiro atoms. The van der Waals surface area contributed by atoms with Gasteiger partial charge in [-0.25, -0.2) is 0 Å². The van der Waals surface area contributed by atoms with E-state index in [2.05, 4.69) is 65.8 Å². The Morgan fingerprint density at radius 1 is 0.906 bits per heavy atom. The summed E-state index contributed by atoms with van der Waals surface area (Å²) in [6.07, 6.45) is 6.67. The van der Waals surface area contributed by atoms with Gasteiger partial charge in [0.25, 0.3) is 0 Å². The number of aliphatic hydroxyl groups is 1. The van der Waals surface area contributed by atoms with Gasteiger partial charge >= 0.3 is 0 Å². The maximum atomic E-state index is 10.0. The van der Waals surface area contributed by atoms with Crippen LogP contribution in [0.5, 0.6) is 5.75 Å². The lowest BCUT2D eigenvalue weighted by Crippen LogP contribution is -2.20. The molecule has 4 heteroatoms. The van der Waals surface area contributed by atoms with E-state index in [0.29, 0.717) is 18.1 Å². The summed E-state index contributed by atoms with van der Waals surface area (Å²) in [6, 6.07) is 25.5. The third-order valence-corrected chi connectivity index (χ3v) is 6.60. The highest BCUT2D eigenvalue weighted by Gasteiger charge is 2.32. The van der Waals surface area contributed by atoms with Crippen LogP contribution in [-0.2, 0) is 13.0 Å². The second kappa shape index (κ2) is 9.01. The Morgan fingerprint density at radius 2 is 1.72 bits per heavy atom. The SMILES string of the molecule is OCCCn1cc(-c2ccc(C3c4ccc(O)cc4CCC3c3ccccc3)cc2)cn1. The Labute approximate surface area is 188 Å². The fourth-order valence-electron chi connectivity index (χ4n) is 5.03. The van der Waals surface area contributed by atoms with Gasteiger partial charge in [-0.15, -0.1) is 0 Å². The minimum Gasteiger partial charge on any atom is -0.508 e. The maximum absolute atomic E-state index is 10.0. The molecule has 0 bridgehead atoms. The number of benzene rings is 3. The molecule has 1 aromatic heterocycles. The quantitative estimate of drug-likeness (QED) is 0.430. The number of aromatic hydroxyl groups is 1. The summed E-state index contributed by atoms with van der Waals surface area (Å²) in [4.78, 5) is 0. The van der Waals surface area contributed by atoms with Crippen LogP contribution in [0, 0.1) is 0 Å². The number of nitrogens with zero attached hydrogens (tertiary/aromatic N) is 2. The summed E-state index contributed by atoms with van der Waals surface area (Å²) in [5, 5.41) is 23.5. The summed E-state index contributed by atoms with van der Waals surface area (Å²) in [5.74, 6) is 0.998. The van der Waals surface area contributed by atoms with Gasteiger partial charge in [-0.3, -0.25) is 4.68 Å². The first-order valence-electron chi connectivity index (χ1n) is 11.3. The zero-order valence-corrected chi connectivity index (χ0v) is 18.1. The predicted octanol–water partition coefficient (Wildman–Crippen LogP) is 5.50. The van der Waals surface area contributed by atoms with E-state index in [1.54, 1.807) is 0 Å². The third-order valence-electron chi connectivity index (χ3n) is 6.60. The summed E-state index contributed by atoms with van der Waals surface area (Å²) in [5.41, 5.74) is 7.45. The Bertz CT molecular complexity index is 1180. The standard InChI is InChI=1S/C28H28N2O2/c31-16-4-15-30-19-24(18-29-30)20-7-9-22(10-8-20)28-26(21-5-2-1-3-6-21)13-11-23-17-25(32)12-14-27(23)28/h1-3,5-10,12,14,17-19,26,28,31-32H,4,11,13,15-16H2. The molecule has 1 heterocycles. The van der Waals surface area contributed by atoms with E-state index in [4.69, 9.17) is 5.11 Å². The molecular formula is C28H28N2O2. The van der Waals surface area contributed by atoms with Crippen molar-refractivity contribution in [1.29, 1.82) is 0 Å². The molecular weight excluding hydrogens is 396 g/mol. The van der Waals surface area contributed by atoms with Gasteiger partial charge in [-0.1, -0.05) is 60.7 Å². The number of aliphatic hydroxyl groups excluding tert-OH is 1. The zero-order valence-electron chi connectivity index (χ0n) is 18.1. The van der Waals surface area contributed by atoms with Crippen LogP contribution < -0.4 is 0 Å². The van der Waals surface area contributed by atoms with Crippen molar-refractivity contribution < 1.29 is 10.2 Å². The van der Waals surface area contributed by atoms with Crippen LogP contribution in [0.25, 0.3) is 11.1 Å². The Morgan fingerprint density at radius 3 is 2.50 bits per heavy atom. The van der Waals surface area contributed by atoms with Crippen LogP contribution in [0.15, 0.2) is 85.2 Å². The highest BCUT2D eigenvalue weighted by atomic mass is 16.3. The number of hydrogen-bond donors (Lipinski definition) is 2. The lowest BCUT2D eigenvalue weighted by atomic mass is 9.69. The molecule has 2 unspecified atom stereocenters. The molecule has 2 N–H and O–H groups in total. The summed E-state index contributed by atoms with van der Waals surface area (Å²) in [6.45, 7) is 0.895. The predicted molar refractivity (Wildman–Crippen MR) is 127 cm³/mol. The van der Waals surface area contributed by atoms with Crippen molar-refractivity contribution in [3.05, 3.63) is 107 Å². The first kappa shape index (κ1) is 20.5. The average Bonchev–Trinajstić information content (AvgIpc) is 3.31. The third kappa shape index (κ3) is 4.06. The van der Waals surface area contributed by atoms with Crippen molar-refractivity contribution in [2.75, 3.05) is 6.61 Å². The van der Waals surface area contributed by atoms with Gasteiger partial charge in [-0.05, 0) is 65.1 Å². The first-order valence-corrected chi connectivity index (χ1v) is 11.3. The van der Waals surface area contributed by atoms with Crippen molar-refractivity contribution in [3.63, 3.8) is 0 Å². The van der Waals surface area contributed by atoms with Gasteiger partial charge < -0.3 is 10.2 Å². The second-order valence-corrected chi connectivity index (χ2v) is 8.61. The lowest BCUT2D eigenvalue weighted by Gasteiger charge is -2.35. The number of rotatable bonds is 6. The molecule has 4 nitrogen and oxygen atoms in total. The highest BCUT2D eigenvalue weighted by molar-refractivity contribution is 5.62. The number of phenolic OH excluding ortho intramolecular Hbond substituents is 1. The van der Waals surface area contributed by atoms with Gasteiger partial charge in [0.05, 0.1) is 6.20 Å². The maximum Gasteiger partial charge on any atom is 0.115 e. The van der Waals surface area contributed by atoms with Gasteiger partial charge in [0.1, 0.15) is 5.75 Å². The molecule has 4 aromatic rings. The van der Waals surface area contributed by atoms with E-state index < -0.39 is 0 Å². The van der Waals surface area contributed by atoms with E-state index in [0.717, 1.165) is 30.5 Å². The van der Waals surface area contributed by atoms with Gasteiger partial charge in [0.15, 0.2) is 0 Å². The number of fused-ring (bicyclic) bond motifs is 1. The van der Waals surface area contributed by atoms with Crippen LogP contribution in [0.2, 0.25) is 0 Å². The molecule has 0 saturated heterocycles. The number of phenols is 1. The Kier molecular flexibility index (Phi) is 5.78. The molecule has 162 valence electrons. The van der Waals surface area contributed by atoms with Crippen LogP contribution in [-0.4, -0.2) is 26.6 Å². The Balaban J connectivity index is 1.50. The normalized spacial score (nSPS) is 17.8. The molecule has 32 heavy (non-hydrogen) atoms. The molecule has 0 radical (unpaired) electrons. The van der Waals surface area contributed by atoms with Gasteiger partial charge in [0, 0.05) is 30.8 Å². The molecule has 2 atom stereocenters. The van der Waals surface area contributed by atoms with Crippen molar-refractivity contribution in [1.82, 2.24) is 9.78 Å². The molecule has 5 rings (SSSR count). The van der Waals surface area contributed by atoms with Crippen molar-refractivity contribution in [2.45, 2.75) is 37.6 Å². The molecule has 0 fully saturated rings. The smallest absolute Gasteiger partial charge is 0.115 e. The second-order valence-electron chi connectivity index (χ2n) is 8.61. The van der Waals surface area contributed by atoms with Crippen molar-refractivity contribution in [3.8, 4) is 16.9 Å². The molecule has 1 aliphatic rings. The number of aryl methyl sites for hydroxylation is 2. The first-order chi connectivity index (χ1) is 15.7. The van der Waals surface area contributed by atoms with E-state index in [1.165, 1.54) is 22.3 Å². The summed E-state index contributed by atoms with van der Waals surface area (Å²) < 4.78 is 1.88. The molecule has 0 saturated carbocycles. The van der Waals surface area contributed by atoms with Crippen LogP contribution in [0.4, 0.5) is 0 Å². The summed E-state index contributed by atoms with van der Waals surface area (Å²) >= 11 is 0. The number of hydrogen-bond acceptors (Lipinski definition) is 3. The van der Waals surface area contributed by atoms with Crippen LogP contribution in [0.1, 0.15) is 46.9 Å². The average molecular weight is 425 g/mol.